The Balaban J connectivity index is 0.00000225. The van der Waals surface area contributed by atoms with E-state index in [0.29, 0.717) is 6.04 Å². The van der Waals surface area contributed by atoms with Crippen LogP contribution in [0.25, 0.3) is 0 Å². The zero-order valence-electron chi connectivity index (χ0n) is 15.6. The molecule has 3 rings (SSSR count). The third-order valence-corrected chi connectivity index (χ3v) is 6.82. The van der Waals surface area contributed by atoms with Crippen LogP contribution in [0.5, 0.6) is 0 Å². The Kier molecular flexibility index (Phi) is 9.65. The fourth-order valence-corrected chi connectivity index (χ4v) is 5.56. The third kappa shape index (κ3) is 6.14. The molecule has 1 aliphatic carbocycles. The number of hydrogen-bond donors (Lipinski definition) is 2. The number of guanidine groups is 1. The molecule has 0 aromatic rings. The maximum Gasteiger partial charge on any atom is 0.191 e. The number of rotatable bonds is 5. The first-order valence-electron chi connectivity index (χ1n) is 9.78. The van der Waals surface area contributed by atoms with Crippen LogP contribution in [0.1, 0.15) is 45.4 Å². The maximum absolute atomic E-state index is 5.56. The van der Waals surface area contributed by atoms with E-state index in [1.54, 1.807) is 0 Å². The van der Waals surface area contributed by atoms with Crippen molar-refractivity contribution in [3.63, 3.8) is 0 Å². The highest BCUT2D eigenvalue weighted by molar-refractivity contribution is 14.0. The van der Waals surface area contributed by atoms with E-state index in [-0.39, 0.29) is 29.5 Å². The van der Waals surface area contributed by atoms with Crippen molar-refractivity contribution in [2.24, 2.45) is 4.99 Å². The lowest BCUT2D eigenvalue weighted by molar-refractivity contribution is -0.0104. The lowest BCUT2D eigenvalue weighted by Crippen LogP contribution is -2.56. The third-order valence-electron chi connectivity index (χ3n) is 5.59. The Hall–Kier alpha value is 0.270. The first-order valence-corrected chi connectivity index (χ1v) is 10.9. The molecule has 0 spiro atoms. The molecule has 0 aromatic heterocycles. The first-order chi connectivity index (χ1) is 11.8. The minimum atomic E-state index is 0. The highest BCUT2D eigenvalue weighted by Gasteiger charge is 2.40. The quantitative estimate of drug-likeness (QED) is 0.359. The van der Waals surface area contributed by atoms with Crippen LogP contribution in [0.4, 0.5) is 0 Å². The van der Waals surface area contributed by atoms with Gasteiger partial charge in [-0.2, -0.15) is 11.8 Å². The van der Waals surface area contributed by atoms with Crippen LogP contribution >= 0.6 is 35.7 Å². The molecular weight excluding hydrogens is 447 g/mol. The van der Waals surface area contributed by atoms with E-state index in [1.807, 2.05) is 0 Å². The molecule has 7 heteroatoms. The summed E-state index contributed by atoms with van der Waals surface area (Å²) >= 11 is 2.08. The second kappa shape index (κ2) is 11.2. The fourth-order valence-electron chi connectivity index (χ4n) is 4.09. The standard InChI is InChI=1S/C18H34N4OS.HI/c1-2-19-17(21-16-6-4-3-5-7-16)20-14-18(8-13-24-15-18)22-9-11-23-12-10-22;/h16H,2-15H2,1H3,(H2,19,20,21);1H. The summed E-state index contributed by atoms with van der Waals surface area (Å²) in [7, 11) is 0. The largest absolute Gasteiger partial charge is 0.379 e. The van der Waals surface area contributed by atoms with Gasteiger partial charge in [-0.3, -0.25) is 9.89 Å². The van der Waals surface area contributed by atoms with Gasteiger partial charge in [-0.05, 0) is 31.9 Å². The van der Waals surface area contributed by atoms with Crippen LogP contribution < -0.4 is 10.6 Å². The summed E-state index contributed by atoms with van der Waals surface area (Å²) in [6, 6.07) is 0.605. The molecule has 2 heterocycles. The molecular formula is C18H35IN4OS. The lowest BCUT2D eigenvalue weighted by Gasteiger charge is -2.42. The predicted molar refractivity (Wildman–Crippen MR) is 118 cm³/mol. The second-order valence-electron chi connectivity index (χ2n) is 7.30. The SMILES string of the molecule is CCNC(=NCC1(N2CCOCC2)CCSC1)NC1CCCCC1.I. The van der Waals surface area contributed by atoms with Gasteiger partial charge < -0.3 is 15.4 Å². The number of halogens is 1. The second-order valence-corrected chi connectivity index (χ2v) is 8.41. The smallest absolute Gasteiger partial charge is 0.191 e. The van der Waals surface area contributed by atoms with Crippen molar-refractivity contribution in [2.45, 2.75) is 57.0 Å². The Morgan fingerprint density at radius 1 is 1.24 bits per heavy atom. The Morgan fingerprint density at radius 2 is 2.00 bits per heavy atom. The van der Waals surface area contributed by atoms with E-state index in [0.717, 1.165) is 45.4 Å². The van der Waals surface area contributed by atoms with E-state index >= 15 is 0 Å². The molecule has 2 saturated heterocycles. The van der Waals surface area contributed by atoms with Crippen LogP contribution in [0, 0.1) is 0 Å². The molecule has 2 N–H and O–H groups in total. The van der Waals surface area contributed by atoms with Gasteiger partial charge in [0, 0.05) is 31.4 Å². The number of nitrogens with one attached hydrogen (secondary N) is 2. The topological polar surface area (TPSA) is 48.9 Å². The number of nitrogens with zero attached hydrogens (tertiary/aromatic N) is 2. The molecule has 1 unspecified atom stereocenters. The molecule has 1 atom stereocenters. The Labute approximate surface area is 174 Å². The van der Waals surface area contributed by atoms with Gasteiger partial charge in [-0.15, -0.1) is 24.0 Å². The van der Waals surface area contributed by atoms with Crippen LogP contribution in [0.2, 0.25) is 0 Å². The van der Waals surface area contributed by atoms with E-state index in [1.165, 1.54) is 50.0 Å². The highest BCUT2D eigenvalue weighted by Crippen LogP contribution is 2.34. The van der Waals surface area contributed by atoms with Gasteiger partial charge in [-0.1, -0.05) is 19.3 Å². The van der Waals surface area contributed by atoms with Gasteiger partial charge in [0.1, 0.15) is 0 Å². The Morgan fingerprint density at radius 3 is 2.64 bits per heavy atom. The van der Waals surface area contributed by atoms with Crippen LogP contribution in [0.3, 0.4) is 0 Å². The summed E-state index contributed by atoms with van der Waals surface area (Å²) in [5, 5.41) is 7.15. The van der Waals surface area contributed by atoms with Crippen molar-refractivity contribution < 1.29 is 4.74 Å². The van der Waals surface area contributed by atoms with Crippen molar-refractivity contribution in [2.75, 3.05) is 50.9 Å². The molecule has 3 fully saturated rings. The van der Waals surface area contributed by atoms with Gasteiger partial charge >= 0.3 is 0 Å². The average Bonchev–Trinajstić information content (AvgIpc) is 3.12. The number of thioether (sulfide) groups is 1. The number of ether oxygens (including phenoxy) is 1. The number of hydrogen-bond acceptors (Lipinski definition) is 4. The molecule has 0 amide bonds. The zero-order valence-corrected chi connectivity index (χ0v) is 18.7. The maximum atomic E-state index is 5.56. The molecule has 146 valence electrons. The van der Waals surface area contributed by atoms with Gasteiger partial charge in [0.05, 0.1) is 25.3 Å². The normalized spacial score (nSPS) is 29.2. The molecule has 0 aromatic carbocycles. The lowest BCUT2D eigenvalue weighted by atomic mass is 9.95. The summed E-state index contributed by atoms with van der Waals surface area (Å²) in [6.07, 6.45) is 7.92. The van der Waals surface area contributed by atoms with Gasteiger partial charge in [0.25, 0.3) is 0 Å². The molecule has 2 aliphatic heterocycles. The van der Waals surface area contributed by atoms with E-state index in [9.17, 15) is 0 Å². The number of morpholine rings is 1. The zero-order chi connectivity index (χ0) is 16.7. The highest BCUT2D eigenvalue weighted by atomic mass is 127. The Bertz CT molecular complexity index is 406. The average molecular weight is 482 g/mol. The first kappa shape index (κ1) is 21.6. The summed E-state index contributed by atoms with van der Waals surface area (Å²) in [5.41, 5.74) is 0.239. The van der Waals surface area contributed by atoms with Gasteiger partial charge in [-0.25, -0.2) is 0 Å². The van der Waals surface area contributed by atoms with Gasteiger partial charge in [0.15, 0.2) is 5.96 Å². The monoisotopic (exact) mass is 482 g/mol. The van der Waals surface area contributed by atoms with Crippen molar-refractivity contribution >= 4 is 41.7 Å². The van der Waals surface area contributed by atoms with Gasteiger partial charge in [0.2, 0.25) is 0 Å². The van der Waals surface area contributed by atoms with Crippen molar-refractivity contribution in [3.8, 4) is 0 Å². The minimum Gasteiger partial charge on any atom is -0.379 e. The summed E-state index contributed by atoms with van der Waals surface area (Å²) in [4.78, 5) is 7.68. The predicted octanol–water partition coefficient (Wildman–Crippen LogP) is 2.70. The summed E-state index contributed by atoms with van der Waals surface area (Å²) in [6.45, 7) is 7.85. The fraction of sp³-hybridized carbons (Fsp3) is 0.944. The molecule has 3 aliphatic rings. The molecule has 5 nitrogen and oxygen atoms in total. The minimum absolute atomic E-state index is 0. The molecule has 1 saturated carbocycles. The number of aliphatic imine (C=N–C) groups is 1. The van der Waals surface area contributed by atoms with Crippen LogP contribution in [-0.2, 0) is 4.74 Å². The summed E-state index contributed by atoms with van der Waals surface area (Å²) in [5.74, 6) is 3.49. The van der Waals surface area contributed by atoms with Crippen molar-refractivity contribution in [1.29, 1.82) is 0 Å². The van der Waals surface area contributed by atoms with Crippen molar-refractivity contribution in [1.82, 2.24) is 15.5 Å². The molecule has 25 heavy (non-hydrogen) atoms. The van der Waals surface area contributed by atoms with E-state index < -0.39 is 0 Å². The van der Waals surface area contributed by atoms with Crippen LogP contribution in [0.15, 0.2) is 4.99 Å². The van der Waals surface area contributed by atoms with Crippen LogP contribution in [-0.4, -0.2) is 73.3 Å². The van der Waals surface area contributed by atoms with E-state index in [2.05, 4.69) is 34.2 Å². The van der Waals surface area contributed by atoms with E-state index in [4.69, 9.17) is 9.73 Å². The molecule has 0 bridgehead atoms. The summed E-state index contributed by atoms with van der Waals surface area (Å²) < 4.78 is 5.56. The molecule has 0 radical (unpaired) electrons. The van der Waals surface area contributed by atoms with Crippen molar-refractivity contribution in [3.05, 3.63) is 0 Å².